The highest BCUT2D eigenvalue weighted by atomic mass is 16.4. The number of nitrogens with zero attached hydrogens (tertiary/aromatic N) is 2. The fourth-order valence-electron chi connectivity index (χ4n) is 2.94. The number of rotatable bonds is 3. The predicted octanol–water partition coefficient (Wildman–Crippen LogP) is 0.256. The smallest absolute Gasteiger partial charge is 0.324 e. The summed E-state index contributed by atoms with van der Waals surface area (Å²) in [6.07, 6.45) is 1.82. The van der Waals surface area contributed by atoms with E-state index in [1.165, 1.54) is 0 Å². The Morgan fingerprint density at radius 1 is 1.25 bits per heavy atom. The topological polar surface area (TPSA) is 90.0 Å². The lowest BCUT2D eigenvalue weighted by molar-refractivity contribution is -0.138. The summed E-state index contributed by atoms with van der Waals surface area (Å²) < 4.78 is 0. The molecule has 2 N–H and O–H groups in total. The summed E-state index contributed by atoms with van der Waals surface area (Å²) in [5, 5.41) is 10.8. The van der Waals surface area contributed by atoms with Gasteiger partial charge in [0.15, 0.2) is 0 Å². The molecule has 2 rings (SSSR count). The van der Waals surface area contributed by atoms with Crippen molar-refractivity contribution in [2.45, 2.75) is 44.7 Å². The summed E-state index contributed by atoms with van der Waals surface area (Å²) >= 11 is 0. The molecule has 0 radical (unpaired) electrons. The molecular formula is C13H21N3O4. The highest BCUT2D eigenvalue weighted by molar-refractivity contribution is 5.95. The van der Waals surface area contributed by atoms with E-state index in [1.807, 2.05) is 6.92 Å². The van der Waals surface area contributed by atoms with Crippen molar-refractivity contribution in [3.63, 3.8) is 0 Å². The van der Waals surface area contributed by atoms with E-state index in [1.54, 1.807) is 4.90 Å². The van der Waals surface area contributed by atoms with Crippen molar-refractivity contribution in [3.05, 3.63) is 0 Å². The third-order valence-electron chi connectivity index (χ3n) is 4.01. The number of fused-ring (bicyclic) bond motifs is 1. The molecule has 0 saturated carbocycles. The van der Waals surface area contributed by atoms with Crippen LogP contribution in [0.5, 0.6) is 0 Å². The maximum Gasteiger partial charge on any atom is 0.324 e. The van der Waals surface area contributed by atoms with Crippen LogP contribution >= 0.6 is 0 Å². The number of piperazine rings is 1. The summed E-state index contributed by atoms with van der Waals surface area (Å²) in [7, 11) is 0. The van der Waals surface area contributed by atoms with Crippen LogP contribution in [0.2, 0.25) is 0 Å². The van der Waals surface area contributed by atoms with Gasteiger partial charge >= 0.3 is 12.0 Å². The van der Waals surface area contributed by atoms with Crippen LogP contribution in [0.3, 0.4) is 0 Å². The second kappa shape index (κ2) is 6.21. The molecule has 2 aliphatic heterocycles. The molecule has 2 heterocycles. The molecule has 0 aromatic heterocycles. The quantitative estimate of drug-likeness (QED) is 0.775. The summed E-state index contributed by atoms with van der Waals surface area (Å²) in [6.45, 7) is 4.53. The van der Waals surface area contributed by atoms with Gasteiger partial charge in [-0.15, -0.1) is 0 Å². The van der Waals surface area contributed by atoms with E-state index in [0.29, 0.717) is 12.6 Å². The molecule has 20 heavy (non-hydrogen) atoms. The van der Waals surface area contributed by atoms with Gasteiger partial charge in [0.25, 0.3) is 0 Å². The van der Waals surface area contributed by atoms with Gasteiger partial charge in [-0.05, 0) is 26.3 Å². The van der Waals surface area contributed by atoms with E-state index in [2.05, 4.69) is 10.2 Å². The van der Waals surface area contributed by atoms with Gasteiger partial charge in [0.05, 0.1) is 6.42 Å². The van der Waals surface area contributed by atoms with E-state index in [0.717, 1.165) is 25.9 Å². The number of carbonyl (C=O) groups excluding carboxylic acids is 2. The molecule has 2 atom stereocenters. The van der Waals surface area contributed by atoms with Crippen molar-refractivity contribution in [1.29, 1.82) is 0 Å². The van der Waals surface area contributed by atoms with Crippen molar-refractivity contribution in [3.8, 4) is 0 Å². The van der Waals surface area contributed by atoms with E-state index in [9.17, 15) is 14.4 Å². The molecule has 2 saturated heterocycles. The lowest BCUT2D eigenvalue weighted by Gasteiger charge is -2.42. The molecule has 0 aromatic rings. The number of carboxylic acid groups (broad SMARTS) is 1. The molecule has 2 aliphatic rings. The first kappa shape index (κ1) is 14.8. The Kier molecular flexibility index (Phi) is 4.59. The van der Waals surface area contributed by atoms with Gasteiger partial charge in [0, 0.05) is 31.6 Å². The molecule has 0 spiro atoms. The van der Waals surface area contributed by atoms with Crippen molar-refractivity contribution in [2.24, 2.45) is 0 Å². The van der Waals surface area contributed by atoms with Gasteiger partial charge in [-0.1, -0.05) is 0 Å². The number of aliphatic carboxylic acids is 1. The Labute approximate surface area is 117 Å². The van der Waals surface area contributed by atoms with Gasteiger partial charge < -0.3 is 10.0 Å². The van der Waals surface area contributed by atoms with Crippen molar-refractivity contribution in [2.75, 3.05) is 19.6 Å². The number of imide groups is 1. The van der Waals surface area contributed by atoms with Crippen LogP contribution in [-0.4, -0.2) is 64.5 Å². The summed E-state index contributed by atoms with van der Waals surface area (Å²) in [4.78, 5) is 38.0. The first-order valence-electron chi connectivity index (χ1n) is 7.03. The van der Waals surface area contributed by atoms with Crippen molar-refractivity contribution >= 4 is 17.9 Å². The Hall–Kier alpha value is -1.63. The van der Waals surface area contributed by atoms with Gasteiger partial charge in [0.1, 0.15) is 0 Å². The Morgan fingerprint density at radius 2 is 2.00 bits per heavy atom. The SMILES string of the molecule is CC1CN2CCCC2CN1C(=O)NC(=O)CCC(=O)O. The Bertz CT molecular complexity index is 412. The molecule has 2 unspecified atom stereocenters. The van der Waals surface area contributed by atoms with Gasteiger partial charge in [-0.2, -0.15) is 0 Å². The van der Waals surface area contributed by atoms with Crippen molar-refractivity contribution < 1.29 is 19.5 Å². The molecule has 112 valence electrons. The molecule has 0 aromatic carbocycles. The maximum atomic E-state index is 12.1. The third-order valence-corrected chi connectivity index (χ3v) is 4.01. The molecule has 7 nitrogen and oxygen atoms in total. The minimum Gasteiger partial charge on any atom is -0.481 e. The van der Waals surface area contributed by atoms with Crippen LogP contribution in [-0.2, 0) is 9.59 Å². The largest absolute Gasteiger partial charge is 0.481 e. The van der Waals surface area contributed by atoms with Crippen LogP contribution in [0, 0.1) is 0 Å². The van der Waals surface area contributed by atoms with Crippen LogP contribution in [0.4, 0.5) is 4.79 Å². The van der Waals surface area contributed by atoms with Crippen LogP contribution in [0.1, 0.15) is 32.6 Å². The summed E-state index contributed by atoms with van der Waals surface area (Å²) in [5.74, 6) is -1.57. The normalized spacial score (nSPS) is 26.1. The number of carboxylic acids is 1. The first-order valence-corrected chi connectivity index (χ1v) is 7.03. The maximum absolute atomic E-state index is 12.1. The zero-order valence-electron chi connectivity index (χ0n) is 11.7. The zero-order chi connectivity index (χ0) is 14.7. The second-order valence-corrected chi connectivity index (χ2v) is 5.54. The predicted molar refractivity (Wildman–Crippen MR) is 71.2 cm³/mol. The van der Waals surface area contributed by atoms with Crippen molar-refractivity contribution in [1.82, 2.24) is 15.1 Å². The average molecular weight is 283 g/mol. The molecule has 7 heteroatoms. The van der Waals surface area contributed by atoms with E-state index in [-0.39, 0.29) is 18.9 Å². The summed E-state index contributed by atoms with van der Waals surface area (Å²) in [5.41, 5.74) is 0. The van der Waals surface area contributed by atoms with Crippen LogP contribution in [0.25, 0.3) is 0 Å². The molecule has 0 bridgehead atoms. The number of nitrogens with one attached hydrogen (secondary N) is 1. The van der Waals surface area contributed by atoms with Gasteiger partial charge in [0.2, 0.25) is 5.91 Å². The van der Waals surface area contributed by atoms with Gasteiger partial charge in [-0.3, -0.25) is 19.8 Å². The molecule has 0 aliphatic carbocycles. The highest BCUT2D eigenvalue weighted by Gasteiger charge is 2.36. The standard InChI is InChI=1S/C13H21N3O4/c1-9-7-15-6-2-3-10(15)8-16(9)13(20)14-11(17)4-5-12(18)19/h9-10H,2-8H2,1H3,(H,18,19)(H,14,17,20). The number of hydrogen-bond acceptors (Lipinski definition) is 4. The first-order chi connectivity index (χ1) is 9.47. The highest BCUT2D eigenvalue weighted by Crippen LogP contribution is 2.24. The van der Waals surface area contributed by atoms with E-state index in [4.69, 9.17) is 5.11 Å². The minimum atomic E-state index is -1.04. The second-order valence-electron chi connectivity index (χ2n) is 5.54. The molecule has 2 fully saturated rings. The third kappa shape index (κ3) is 3.47. The number of carbonyl (C=O) groups is 3. The van der Waals surface area contributed by atoms with E-state index < -0.39 is 17.9 Å². The van der Waals surface area contributed by atoms with Crippen LogP contribution in [0.15, 0.2) is 0 Å². The zero-order valence-corrected chi connectivity index (χ0v) is 11.7. The number of urea groups is 1. The lowest BCUT2D eigenvalue weighted by atomic mass is 10.1. The Morgan fingerprint density at radius 3 is 2.70 bits per heavy atom. The monoisotopic (exact) mass is 283 g/mol. The average Bonchev–Trinajstić information content (AvgIpc) is 2.82. The van der Waals surface area contributed by atoms with Gasteiger partial charge in [-0.25, -0.2) is 4.79 Å². The van der Waals surface area contributed by atoms with E-state index >= 15 is 0 Å². The summed E-state index contributed by atoms with van der Waals surface area (Å²) in [6, 6.07) is 0.0575. The van der Waals surface area contributed by atoms with Crippen LogP contribution < -0.4 is 5.32 Å². The fourth-order valence-corrected chi connectivity index (χ4v) is 2.94. The molecule has 3 amide bonds. The number of amides is 3. The molecular weight excluding hydrogens is 262 g/mol. The Balaban J connectivity index is 1.85. The minimum absolute atomic E-state index is 0.0663. The number of hydrogen-bond donors (Lipinski definition) is 2. The lowest BCUT2D eigenvalue weighted by Crippen LogP contribution is -2.59. The fraction of sp³-hybridized carbons (Fsp3) is 0.769.